The lowest BCUT2D eigenvalue weighted by molar-refractivity contribution is -0.165. The van der Waals surface area contributed by atoms with Gasteiger partial charge in [-0.2, -0.15) is 0 Å². The van der Waals surface area contributed by atoms with E-state index < -0.39 is 6.09 Å². The van der Waals surface area contributed by atoms with E-state index in [0.717, 1.165) is 22.7 Å². The molecular weight excluding hydrogens is 406 g/mol. The number of anilines is 1. The number of fused-ring (bicyclic) bond motifs is 3. The molecule has 2 heterocycles. The van der Waals surface area contributed by atoms with Crippen LogP contribution in [-0.4, -0.2) is 26.1 Å². The number of allylic oxidation sites excluding steroid dienone is 1. The van der Waals surface area contributed by atoms with E-state index in [0.29, 0.717) is 13.2 Å². The molecule has 0 aromatic heterocycles. The van der Waals surface area contributed by atoms with E-state index in [9.17, 15) is 4.79 Å². The first-order chi connectivity index (χ1) is 15.5. The average Bonchev–Trinajstić information content (AvgIpc) is 3.25. The third kappa shape index (κ3) is 3.52. The second-order valence-corrected chi connectivity index (χ2v) is 9.16. The SMILES string of the molecule is CC1=C[C@H](C)[C@@]2(COC(=O)Nc3ccccc3)CO[C@H](c3ccc4c(c3)OCO4)[C@H]1[C@H]2C. The molecule has 1 amide bonds. The Labute approximate surface area is 188 Å². The molecule has 6 nitrogen and oxygen atoms in total. The molecule has 5 atom stereocenters. The van der Waals surface area contributed by atoms with Gasteiger partial charge in [0.15, 0.2) is 11.5 Å². The fourth-order valence-corrected chi connectivity index (χ4v) is 5.52. The minimum Gasteiger partial charge on any atom is -0.454 e. The summed E-state index contributed by atoms with van der Waals surface area (Å²) in [5.41, 5.74) is 2.85. The Balaban J connectivity index is 1.35. The van der Waals surface area contributed by atoms with E-state index >= 15 is 0 Å². The first-order valence-electron chi connectivity index (χ1n) is 11.2. The summed E-state index contributed by atoms with van der Waals surface area (Å²) in [5.74, 6) is 2.24. The zero-order valence-electron chi connectivity index (χ0n) is 18.7. The first-order valence-corrected chi connectivity index (χ1v) is 11.2. The van der Waals surface area contributed by atoms with Crippen molar-refractivity contribution in [3.63, 3.8) is 0 Å². The second kappa shape index (κ2) is 8.17. The van der Waals surface area contributed by atoms with Gasteiger partial charge in [0.25, 0.3) is 0 Å². The average molecular weight is 436 g/mol. The summed E-state index contributed by atoms with van der Waals surface area (Å²) in [6.45, 7) is 7.72. The minimum absolute atomic E-state index is 0.0745. The van der Waals surface area contributed by atoms with Crippen molar-refractivity contribution in [1.82, 2.24) is 0 Å². The molecule has 1 fully saturated rings. The number of amides is 1. The minimum atomic E-state index is -0.439. The van der Waals surface area contributed by atoms with Gasteiger partial charge in [-0.15, -0.1) is 0 Å². The lowest BCUT2D eigenvalue weighted by Gasteiger charge is -2.55. The summed E-state index contributed by atoms with van der Waals surface area (Å²) in [6, 6.07) is 15.4. The number of ether oxygens (including phenoxy) is 4. The van der Waals surface area contributed by atoms with Crippen LogP contribution in [0.15, 0.2) is 60.2 Å². The van der Waals surface area contributed by atoms with Crippen LogP contribution >= 0.6 is 0 Å². The van der Waals surface area contributed by atoms with Gasteiger partial charge in [-0.25, -0.2) is 4.79 Å². The van der Waals surface area contributed by atoms with Gasteiger partial charge >= 0.3 is 6.09 Å². The van der Waals surface area contributed by atoms with E-state index in [4.69, 9.17) is 18.9 Å². The number of nitrogens with one attached hydrogen (secondary N) is 1. The van der Waals surface area contributed by atoms with Gasteiger partial charge in [-0.05, 0) is 48.6 Å². The van der Waals surface area contributed by atoms with Crippen molar-refractivity contribution in [2.75, 3.05) is 25.3 Å². The zero-order chi connectivity index (χ0) is 22.3. The third-order valence-electron chi connectivity index (χ3n) is 7.47. The first kappa shape index (κ1) is 20.9. The van der Waals surface area contributed by atoms with Crippen molar-refractivity contribution in [3.05, 3.63) is 65.7 Å². The zero-order valence-corrected chi connectivity index (χ0v) is 18.7. The highest BCUT2D eigenvalue weighted by Gasteiger charge is 2.54. The fourth-order valence-electron chi connectivity index (χ4n) is 5.52. The quantitative estimate of drug-likeness (QED) is 0.636. The number of benzene rings is 2. The summed E-state index contributed by atoms with van der Waals surface area (Å²) < 4.78 is 23.3. The molecule has 5 rings (SSSR count). The maximum atomic E-state index is 12.5. The van der Waals surface area contributed by atoms with E-state index in [1.54, 1.807) is 0 Å². The molecular formula is C26H29NO5. The van der Waals surface area contributed by atoms with E-state index in [-0.39, 0.29) is 36.1 Å². The summed E-state index contributed by atoms with van der Waals surface area (Å²) in [6.07, 6.45) is 1.81. The van der Waals surface area contributed by atoms with Crippen molar-refractivity contribution in [2.45, 2.75) is 26.9 Å². The van der Waals surface area contributed by atoms with E-state index in [1.165, 1.54) is 5.57 Å². The smallest absolute Gasteiger partial charge is 0.411 e. The van der Waals surface area contributed by atoms with Crippen LogP contribution in [0.1, 0.15) is 32.4 Å². The van der Waals surface area contributed by atoms with Crippen molar-refractivity contribution in [1.29, 1.82) is 0 Å². The van der Waals surface area contributed by atoms with Crippen LogP contribution < -0.4 is 14.8 Å². The van der Waals surface area contributed by atoms with Gasteiger partial charge in [0.05, 0.1) is 12.7 Å². The highest BCUT2D eigenvalue weighted by molar-refractivity contribution is 5.84. The standard InChI is InChI=1S/C26H29NO5/c1-16-11-17(2)26(14-30-25(28)27-20-7-5-4-6-8-20)13-29-24(23(16)18(26)3)19-9-10-21-22(12-19)32-15-31-21/h4-12,17-18,23-24H,13-15H2,1-3H3,(H,27,28)/t17-,18+,23+,24+,26-/m0/s1. The summed E-state index contributed by atoms with van der Waals surface area (Å²) in [4.78, 5) is 12.5. The molecule has 1 N–H and O–H groups in total. The van der Waals surface area contributed by atoms with Gasteiger partial charge in [-0.3, -0.25) is 5.32 Å². The number of carbonyl (C=O) groups excluding carboxylic acids is 1. The lowest BCUT2D eigenvalue weighted by atomic mass is 9.56. The Kier molecular flexibility index (Phi) is 5.33. The molecule has 0 unspecified atom stereocenters. The molecule has 3 aliphatic rings. The molecule has 2 aromatic carbocycles. The molecule has 1 aliphatic carbocycles. The molecule has 0 spiro atoms. The number of hydrogen-bond acceptors (Lipinski definition) is 5. The molecule has 1 saturated heterocycles. The van der Waals surface area contributed by atoms with Crippen molar-refractivity contribution < 1.29 is 23.7 Å². The molecule has 2 aliphatic heterocycles. The molecule has 2 aromatic rings. The normalized spacial score (nSPS) is 30.4. The van der Waals surface area contributed by atoms with Crippen LogP contribution in [0, 0.1) is 23.2 Å². The van der Waals surface area contributed by atoms with Gasteiger partial charge in [0.1, 0.15) is 6.61 Å². The van der Waals surface area contributed by atoms with Gasteiger partial charge < -0.3 is 18.9 Å². The largest absolute Gasteiger partial charge is 0.454 e. The van der Waals surface area contributed by atoms with Crippen molar-refractivity contribution >= 4 is 11.8 Å². The molecule has 0 saturated carbocycles. The predicted octanol–water partition coefficient (Wildman–Crippen LogP) is 5.57. The van der Waals surface area contributed by atoms with Gasteiger partial charge in [-0.1, -0.05) is 49.8 Å². The van der Waals surface area contributed by atoms with Gasteiger partial charge in [0.2, 0.25) is 6.79 Å². The molecule has 32 heavy (non-hydrogen) atoms. The summed E-state index contributed by atoms with van der Waals surface area (Å²) >= 11 is 0. The Morgan fingerprint density at radius 3 is 2.72 bits per heavy atom. The van der Waals surface area contributed by atoms with Gasteiger partial charge in [0, 0.05) is 17.0 Å². The van der Waals surface area contributed by atoms with E-state index in [1.807, 2.05) is 42.5 Å². The molecule has 6 heteroatoms. The van der Waals surface area contributed by atoms with Crippen LogP contribution in [0.25, 0.3) is 0 Å². The Bertz CT molecular complexity index is 1040. The Hall–Kier alpha value is -2.99. The summed E-state index contributed by atoms with van der Waals surface area (Å²) in [7, 11) is 0. The third-order valence-corrected chi connectivity index (χ3v) is 7.47. The van der Waals surface area contributed by atoms with Crippen molar-refractivity contribution in [3.8, 4) is 11.5 Å². The summed E-state index contributed by atoms with van der Waals surface area (Å²) in [5, 5.41) is 2.81. The van der Waals surface area contributed by atoms with Crippen molar-refractivity contribution in [2.24, 2.45) is 23.2 Å². The maximum Gasteiger partial charge on any atom is 0.411 e. The maximum absolute atomic E-state index is 12.5. The topological polar surface area (TPSA) is 66.0 Å². The predicted molar refractivity (Wildman–Crippen MR) is 121 cm³/mol. The second-order valence-electron chi connectivity index (χ2n) is 9.16. The monoisotopic (exact) mass is 435 g/mol. The number of carbonyl (C=O) groups is 1. The van der Waals surface area contributed by atoms with Crippen LogP contribution in [0.2, 0.25) is 0 Å². The lowest BCUT2D eigenvalue weighted by Crippen LogP contribution is -2.54. The Morgan fingerprint density at radius 2 is 1.91 bits per heavy atom. The molecule has 168 valence electrons. The van der Waals surface area contributed by atoms with Crippen LogP contribution in [0.4, 0.5) is 10.5 Å². The fraction of sp³-hybridized carbons (Fsp3) is 0.423. The highest BCUT2D eigenvalue weighted by atomic mass is 16.7. The number of hydrogen-bond donors (Lipinski definition) is 1. The van der Waals surface area contributed by atoms with Crippen LogP contribution in [-0.2, 0) is 9.47 Å². The highest BCUT2D eigenvalue weighted by Crippen LogP contribution is 2.56. The van der Waals surface area contributed by atoms with Crippen LogP contribution in [0.3, 0.4) is 0 Å². The van der Waals surface area contributed by atoms with E-state index in [2.05, 4.69) is 38.2 Å². The Morgan fingerprint density at radius 1 is 1.12 bits per heavy atom. The number of rotatable bonds is 4. The molecule has 2 bridgehead atoms. The number of para-hydroxylation sites is 1. The van der Waals surface area contributed by atoms with Crippen LogP contribution in [0.5, 0.6) is 11.5 Å². The molecule has 0 radical (unpaired) electrons.